The molecule has 0 bridgehead atoms. The summed E-state index contributed by atoms with van der Waals surface area (Å²) < 4.78 is 50.3. The highest BCUT2D eigenvalue weighted by Crippen LogP contribution is 2.47. The zero-order valence-corrected chi connectivity index (χ0v) is 43.5. The molecule has 0 aliphatic carbocycles. The summed E-state index contributed by atoms with van der Waals surface area (Å²) in [6.07, 6.45) is -4.78. The maximum absolute atomic E-state index is 16.1. The first-order valence-corrected chi connectivity index (χ1v) is 25.8. The molecule has 8 heteroatoms. The lowest BCUT2D eigenvalue weighted by Crippen LogP contribution is -2.10. The van der Waals surface area contributed by atoms with E-state index in [0.29, 0.717) is 40.1 Å². The van der Waals surface area contributed by atoms with Gasteiger partial charge in [-0.05, 0) is 135 Å². The van der Waals surface area contributed by atoms with E-state index in [9.17, 15) is 0 Å². The Kier molecular flexibility index (Phi) is 12.3. The SMILES string of the molecule is Cc1cc(C)c(-c2ccc3c(c2)c2cc(-c4c(C)cc(C)cc4C)ccc2n3-c2c(-c3cc(-c4ccccc4)nc(-c4ccccc4)n3)cc(C(F)(F)F)cc2-c2cc(-c3ccccc3)nc(-c3ccccc3)n2)c(C)c1. The van der Waals surface area contributed by atoms with Crippen molar-refractivity contribution in [3.05, 3.63) is 245 Å². The molecule has 77 heavy (non-hydrogen) atoms. The Labute approximate surface area is 446 Å². The molecular formula is C69H52F3N5. The summed E-state index contributed by atoms with van der Waals surface area (Å²) in [5, 5.41) is 1.88. The van der Waals surface area contributed by atoms with E-state index in [4.69, 9.17) is 19.9 Å². The van der Waals surface area contributed by atoms with Gasteiger partial charge in [-0.25, -0.2) is 19.9 Å². The maximum Gasteiger partial charge on any atom is 0.416 e. The second-order valence-corrected chi connectivity index (χ2v) is 20.2. The van der Waals surface area contributed by atoms with Crippen LogP contribution in [-0.2, 0) is 6.18 Å². The summed E-state index contributed by atoms with van der Waals surface area (Å²) in [6, 6.07) is 66.5. The van der Waals surface area contributed by atoms with Crippen LogP contribution in [-0.4, -0.2) is 24.5 Å². The molecule has 0 unspecified atom stereocenters. The molecule has 3 aromatic heterocycles. The first-order chi connectivity index (χ1) is 37.2. The zero-order valence-electron chi connectivity index (χ0n) is 43.5. The monoisotopic (exact) mass is 1010 g/mol. The Morgan fingerprint density at radius 1 is 0.338 bits per heavy atom. The van der Waals surface area contributed by atoms with Gasteiger partial charge in [-0.2, -0.15) is 13.2 Å². The third-order valence-corrected chi connectivity index (χ3v) is 14.6. The van der Waals surface area contributed by atoms with Crippen LogP contribution in [0.5, 0.6) is 0 Å². The molecule has 0 amide bonds. The Hall–Kier alpha value is -9.27. The number of fused-ring (bicyclic) bond motifs is 3. The molecule has 374 valence electrons. The number of halogens is 3. The zero-order chi connectivity index (χ0) is 53.1. The molecule has 0 atom stereocenters. The average Bonchev–Trinajstić information content (AvgIpc) is 3.98. The fourth-order valence-electron chi connectivity index (χ4n) is 11.4. The molecule has 0 aliphatic heterocycles. The summed E-state index contributed by atoms with van der Waals surface area (Å²) in [4.78, 5) is 20.7. The fraction of sp³-hybridized carbons (Fsp3) is 0.101. The van der Waals surface area contributed by atoms with Crippen molar-refractivity contribution in [3.8, 4) is 95.7 Å². The van der Waals surface area contributed by atoms with Gasteiger partial charge in [0.15, 0.2) is 11.6 Å². The van der Waals surface area contributed by atoms with E-state index >= 15 is 13.2 Å². The number of alkyl halides is 3. The average molecular weight is 1010 g/mol. The Morgan fingerprint density at radius 3 is 1.03 bits per heavy atom. The molecule has 12 aromatic rings. The molecule has 5 nitrogen and oxygen atoms in total. The van der Waals surface area contributed by atoms with Crippen molar-refractivity contribution in [1.29, 1.82) is 0 Å². The van der Waals surface area contributed by atoms with Gasteiger partial charge < -0.3 is 4.57 Å². The summed E-state index contributed by atoms with van der Waals surface area (Å²) >= 11 is 0. The van der Waals surface area contributed by atoms with Gasteiger partial charge in [0.1, 0.15) is 0 Å². The summed E-state index contributed by atoms with van der Waals surface area (Å²) in [5.41, 5.74) is 17.8. The van der Waals surface area contributed by atoms with E-state index in [2.05, 4.69) is 107 Å². The van der Waals surface area contributed by atoms with Crippen molar-refractivity contribution in [2.45, 2.75) is 47.7 Å². The number of nitrogens with zero attached hydrogens (tertiary/aromatic N) is 5. The van der Waals surface area contributed by atoms with Gasteiger partial charge in [-0.15, -0.1) is 0 Å². The molecule has 0 fully saturated rings. The van der Waals surface area contributed by atoms with E-state index in [0.717, 1.165) is 88.6 Å². The molecular weight excluding hydrogens is 956 g/mol. The van der Waals surface area contributed by atoms with Gasteiger partial charge in [-0.1, -0.05) is 169 Å². The molecule has 12 rings (SSSR count). The van der Waals surface area contributed by atoms with Crippen LogP contribution in [0.25, 0.3) is 118 Å². The van der Waals surface area contributed by atoms with Crippen LogP contribution in [0, 0.1) is 41.5 Å². The highest BCUT2D eigenvalue weighted by molar-refractivity contribution is 6.13. The lowest BCUT2D eigenvalue weighted by atomic mass is 9.91. The van der Waals surface area contributed by atoms with Gasteiger partial charge >= 0.3 is 6.18 Å². The van der Waals surface area contributed by atoms with E-state index < -0.39 is 11.7 Å². The van der Waals surface area contributed by atoms with Crippen molar-refractivity contribution in [2.24, 2.45) is 0 Å². The normalized spacial score (nSPS) is 11.7. The fourth-order valence-corrected chi connectivity index (χ4v) is 11.4. The maximum atomic E-state index is 16.1. The quantitative estimate of drug-likeness (QED) is 0.145. The van der Waals surface area contributed by atoms with Gasteiger partial charge in [0, 0.05) is 44.2 Å². The topological polar surface area (TPSA) is 56.5 Å². The minimum absolute atomic E-state index is 0.245. The Morgan fingerprint density at radius 2 is 0.675 bits per heavy atom. The van der Waals surface area contributed by atoms with E-state index in [1.807, 2.05) is 133 Å². The molecule has 0 N–H and O–H groups in total. The lowest BCUT2D eigenvalue weighted by Gasteiger charge is -2.22. The molecule has 9 aromatic carbocycles. The lowest BCUT2D eigenvalue weighted by molar-refractivity contribution is -0.137. The number of aryl methyl sites for hydroxylation is 6. The van der Waals surface area contributed by atoms with Gasteiger partial charge in [0.05, 0.1) is 45.1 Å². The predicted molar refractivity (Wildman–Crippen MR) is 309 cm³/mol. The van der Waals surface area contributed by atoms with Crippen molar-refractivity contribution in [1.82, 2.24) is 24.5 Å². The number of benzene rings is 9. The third kappa shape index (κ3) is 9.16. The van der Waals surface area contributed by atoms with E-state index in [1.165, 1.54) is 23.3 Å². The van der Waals surface area contributed by atoms with Crippen LogP contribution in [0.15, 0.2) is 206 Å². The van der Waals surface area contributed by atoms with Crippen molar-refractivity contribution in [3.63, 3.8) is 0 Å². The highest BCUT2D eigenvalue weighted by atomic mass is 19.4. The number of rotatable bonds is 9. The molecule has 0 aliphatic rings. The van der Waals surface area contributed by atoms with Crippen LogP contribution in [0.1, 0.15) is 38.9 Å². The molecule has 0 spiro atoms. The number of aromatic nitrogens is 5. The molecule has 0 radical (unpaired) electrons. The second-order valence-electron chi connectivity index (χ2n) is 20.2. The molecule has 3 heterocycles. The van der Waals surface area contributed by atoms with Crippen LogP contribution < -0.4 is 0 Å². The summed E-state index contributed by atoms with van der Waals surface area (Å²) in [6.45, 7) is 12.8. The Bertz CT molecular complexity index is 3820. The standard InChI is InChI=1S/C69H52F3N5/c1-41-31-43(3)64(44(4)32-41)51-27-29-62-54(35-51)55-36-52(65-45(5)33-42(2)34-46(65)6)28-30-63(55)77(62)66-56(60-39-58(47-19-11-7-12-20-47)73-67(75-60)49-23-15-9-16-24-49)37-53(69(70,71)72)38-57(66)61-40-59(48-21-13-8-14-22-48)74-68(76-61)50-25-17-10-18-26-50/h7-40H,1-6H3. The second kappa shape index (κ2) is 19.5. The summed E-state index contributed by atoms with van der Waals surface area (Å²) in [7, 11) is 0. The third-order valence-electron chi connectivity index (χ3n) is 14.6. The molecule has 0 saturated carbocycles. The van der Waals surface area contributed by atoms with E-state index in [1.54, 1.807) is 0 Å². The first kappa shape index (κ1) is 48.7. The van der Waals surface area contributed by atoms with Gasteiger partial charge in [0.2, 0.25) is 0 Å². The smallest absolute Gasteiger partial charge is 0.308 e. The van der Waals surface area contributed by atoms with Crippen LogP contribution in [0.2, 0.25) is 0 Å². The highest BCUT2D eigenvalue weighted by Gasteiger charge is 2.35. The number of hydrogen-bond acceptors (Lipinski definition) is 4. The number of hydrogen-bond donors (Lipinski definition) is 0. The predicted octanol–water partition coefficient (Wildman–Crippen LogP) is 18.6. The van der Waals surface area contributed by atoms with Crippen molar-refractivity contribution < 1.29 is 13.2 Å². The van der Waals surface area contributed by atoms with Gasteiger partial charge in [0.25, 0.3) is 0 Å². The van der Waals surface area contributed by atoms with E-state index in [-0.39, 0.29) is 11.1 Å². The van der Waals surface area contributed by atoms with Gasteiger partial charge in [-0.3, -0.25) is 0 Å². The minimum atomic E-state index is -4.78. The molecule has 0 saturated heterocycles. The van der Waals surface area contributed by atoms with Crippen LogP contribution in [0.4, 0.5) is 13.2 Å². The first-order valence-electron chi connectivity index (χ1n) is 25.8. The van der Waals surface area contributed by atoms with Crippen LogP contribution in [0.3, 0.4) is 0 Å². The van der Waals surface area contributed by atoms with Crippen LogP contribution >= 0.6 is 0 Å². The van der Waals surface area contributed by atoms with Crippen molar-refractivity contribution in [2.75, 3.05) is 0 Å². The summed E-state index contributed by atoms with van der Waals surface area (Å²) in [5.74, 6) is 0.742. The van der Waals surface area contributed by atoms with Crippen molar-refractivity contribution >= 4 is 21.8 Å². The largest absolute Gasteiger partial charge is 0.416 e. The Balaban J connectivity index is 1.26. The minimum Gasteiger partial charge on any atom is -0.308 e.